The van der Waals surface area contributed by atoms with Gasteiger partial charge in [0, 0.05) is 6.42 Å². The first-order chi connectivity index (χ1) is 18.6. The SMILES string of the molecule is CC(C(O)CC(O)C(O)C(O)CO)C1CC[C@@]2(C)C1CC[C@]1(C)[C@@H]2CC[C@@H]2[C@@]3(C)CCCC(C)(C)[C@@H]3CC[C@]21C. The maximum absolute atomic E-state index is 11.2. The summed E-state index contributed by atoms with van der Waals surface area (Å²) >= 11 is 0. The standard InChI is InChI=1S/C35H62O5/c1-21(24(37)19-25(38)30(40)26(39)20-36)22-11-16-32(4)23(22)12-17-34(6)28(32)9-10-29-33(5)15-8-14-31(2,3)27(33)13-18-35(29,34)7/h21-30,36-40H,8-20H2,1-7H3/t21?,22?,23?,24?,25?,26?,27-,28+,29+,30?,32-,33-,34+,35+/m0/s1. The lowest BCUT2D eigenvalue weighted by Gasteiger charge is -2.73. The molecule has 5 aliphatic rings. The van der Waals surface area contributed by atoms with Gasteiger partial charge in [0.15, 0.2) is 0 Å². The quantitative estimate of drug-likeness (QED) is 0.264. The molecule has 0 heterocycles. The lowest BCUT2D eigenvalue weighted by molar-refractivity contribution is -0.242. The van der Waals surface area contributed by atoms with Crippen LogP contribution in [-0.2, 0) is 0 Å². The summed E-state index contributed by atoms with van der Waals surface area (Å²) in [7, 11) is 0. The molecule has 7 unspecified atom stereocenters. The normalized spacial score (nSPS) is 50.0. The smallest absolute Gasteiger partial charge is 0.108 e. The van der Waals surface area contributed by atoms with Gasteiger partial charge in [-0.1, -0.05) is 54.9 Å². The van der Waals surface area contributed by atoms with Crippen molar-refractivity contribution in [1.29, 1.82) is 0 Å². The first-order valence-corrected chi connectivity index (χ1v) is 16.9. The summed E-state index contributed by atoms with van der Waals surface area (Å²) < 4.78 is 0. The van der Waals surface area contributed by atoms with E-state index in [2.05, 4.69) is 48.5 Å². The summed E-state index contributed by atoms with van der Waals surface area (Å²) in [6, 6.07) is 0. The van der Waals surface area contributed by atoms with E-state index in [0.717, 1.165) is 24.2 Å². The summed E-state index contributed by atoms with van der Waals surface area (Å²) in [5.41, 5.74) is 1.96. The molecule has 0 aromatic carbocycles. The summed E-state index contributed by atoms with van der Waals surface area (Å²) in [6.45, 7) is 17.3. The molecular weight excluding hydrogens is 500 g/mol. The van der Waals surface area contributed by atoms with Crippen LogP contribution in [0.5, 0.6) is 0 Å². The number of aliphatic hydroxyl groups excluding tert-OH is 5. The van der Waals surface area contributed by atoms with E-state index in [1.807, 2.05) is 0 Å². The van der Waals surface area contributed by atoms with Crippen LogP contribution in [-0.4, -0.2) is 56.6 Å². The first-order valence-electron chi connectivity index (χ1n) is 16.9. The predicted molar refractivity (Wildman–Crippen MR) is 159 cm³/mol. The molecule has 14 atom stereocenters. The van der Waals surface area contributed by atoms with Crippen LogP contribution in [0.3, 0.4) is 0 Å². The Hall–Kier alpha value is -0.200. The summed E-state index contributed by atoms with van der Waals surface area (Å²) in [5.74, 6) is 3.41. The predicted octanol–water partition coefficient (Wildman–Crippen LogP) is 5.94. The highest BCUT2D eigenvalue weighted by molar-refractivity contribution is 5.19. The molecule has 0 aliphatic heterocycles. The van der Waals surface area contributed by atoms with E-state index in [1.54, 1.807) is 0 Å². The Morgan fingerprint density at radius 1 is 0.625 bits per heavy atom. The Morgan fingerprint density at radius 2 is 1.23 bits per heavy atom. The average Bonchev–Trinajstić information content (AvgIpc) is 3.24. The van der Waals surface area contributed by atoms with Crippen molar-refractivity contribution in [3.8, 4) is 0 Å². The Bertz CT molecular complexity index is 921. The van der Waals surface area contributed by atoms with E-state index in [9.17, 15) is 20.4 Å². The van der Waals surface area contributed by atoms with Crippen molar-refractivity contribution >= 4 is 0 Å². The molecule has 0 spiro atoms. The molecule has 0 amide bonds. The molecule has 0 saturated heterocycles. The molecule has 5 saturated carbocycles. The second kappa shape index (κ2) is 10.5. The van der Waals surface area contributed by atoms with Crippen LogP contribution in [0.25, 0.3) is 0 Å². The summed E-state index contributed by atoms with van der Waals surface area (Å²) in [4.78, 5) is 0. The Labute approximate surface area is 244 Å². The van der Waals surface area contributed by atoms with Gasteiger partial charge in [-0.05, 0) is 127 Å². The average molecular weight is 563 g/mol. The maximum atomic E-state index is 11.2. The number of hydrogen-bond acceptors (Lipinski definition) is 5. The minimum atomic E-state index is -1.45. The molecule has 0 aromatic rings. The number of hydrogen-bond donors (Lipinski definition) is 5. The van der Waals surface area contributed by atoms with Crippen molar-refractivity contribution in [2.75, 3.05) is 6.61 Å². The van der Waals surface area contributed by atoms with E-state index in [-0.39, 0.29) is 17.8 Å². The third-order valence-electron chi connectivity index (χ3n) is 15.5. The molecule has 5 N–H and O–H groups in total. The van der Waals surface area contributed by atoms with E-state index in [4.69, 9.17) is 5.11 Å². The van der Waals surface area contributed by atoms with Gasteiger partial charge in [-0.3, -0.25) is 0 Å². The van der Waals surface area contributed by atoms with Gasteiger partial charge in [0.1, 0.15) is 12.2 Å². The second-order valence-corrected chi connectivity index (χ2v) is 17.3. The van der Waals surface area contributed by atoms with Crippen LogP contribution in [0.15, 0.2) is 0 Å². The van der Waals surface area contributed by atoms with Gasteiger partial charge < -0.3 is 25.5 Å². The third kappa shape index (κ3) is 4.41. The molecule has 5 rings (SSSR count). The Kier molecular flexibility index (Phi) is 8.17. The van der Waals surface area contributed by atoms with Crippen LogP contribution in [0.2, 0.25) is 0 Å². The van der Waals surface area contributed by atoms with E-state index in [1.165, 1.54) is 64.2 Å². The van der Waals surface area contributed by atoms with Gasteiger partial charge >= 0.3 is 0 Å². The lowest BCUT2D eigenvalue weighted by Crippen LogP contribution is -2.65. The molecule has 232 valence electrons. The van der Waals surface area contributed by atoms with Gasteiger partial charge in [-0.15, -0.1) is 0 Å². The van der Waals surface area contributed by atoms with Gasteiger partial charge in [-0.2, -0.15) is 0 Å². The monoisotopic (exact) mass is 562 g/mol. The molecule has 5 fully saturated rings. The topological polar surface area (TPSA) is 101 Å². The molecule has 0 bridgehead atoms. The molecular formula is C35H62O5. The van der Waals surface area contributed by atoms with Gasteiger partial charge in [0.05, 0.1) is 18.8 Å². The van der Waals surface area contributed by atoms with Gasteiger partial charge in [0.25, 0.3) is 0 Å². The summed E-state index contributed by atoms with van der Waals surface area (Å²) in [5, 5.41) is 50.6. The van der Waals surface area contributed by atoms with Crippen LogP contribution < -0.4 is 0 Å². The largest absolute Gasteiger partial charge is 0.394 e. The van der Waals surface area contributed by atoms with Crippen molar-refractivity contribution in [1.82, 2.24) is 0 Å². The fourth-order valence-corrected chi connectivity index (χ4v) is 13.2. The highest BCUT2D eigenvalue weighted by Crippen LogP contribution is 2.78. The molecule has 5 heteroatoms. The van der Waals surface area contributed by atoms with E-state index < -0.39 is 31.0 Å². The van der Waals surface area contributed by atoms with Crippen LogP contribution in [0, 0.1) is 62.6 Å². The number of rotatable bonds is 7. The second-order valence-electron chi connectivity index (χ2n) is 17.3. The van der Waals surface area contributed by atoms with Crippen molar-refractivity contribution in [3.05, 3.63) is 0 Å². The van der Waals surface area contributed by atoms with Crippen LogP contribution in [0.4, 0.5) is 0 Å². The first kappa shape index (κ1) is 31.2. The Balaban J connectivity index is 1.35. The van der Waals surface area contributed by atoms with Crippen molar-refractivity contribution in [2.45, 2.75) is 150 Å². The molecule has 5 nitrogen and oxygen atoms in total. The molecule has 40 heavy (non-hydrogen) atoms. The molecule has 0 radical (unpaired) electrons. The van der Waals surface area contributed by atoms with Crippen molar-refractivity contribution in [2.24, 2.45) is 62.6 Å². The van der Waals surface area contributed by atoms with Gasteiger partial charge in [0.2, 0.25) is 0 Å². The Morgan fingerprint density at radius 3 is 1.85 bits per heavy atom. The van der Waals surface area contributed by atoms with Crippen molar-refractivity contribution in [3.63, 3.8) is 0 Å². The summed E-state index contributed by atoms with van der Waals surface area (Å²) in [6.07, 6.45) is 9.75. The highest BCUT2D eigenvalue weighted by atomic mass is 16.4. The fraction of sp³-hybridized carbons (Fsp3) is 1.00. The zero-order valence-electron chi connectivity index (χ0n) is 26.7. The molecule has 0 aromatic heterocycles. The number of fused-ring (bicyclic) bond motifs is 7. The maximum Gasteiger partial charge on any atom is 0.108 e. The van der Waals surface area contributed by atoms with Crippen LogP contribution >= 0.6 is 0 Å². The highest BCUT2D eigenvalue weighted by Gasteiger charge is 2.70. The molecule has 5 aliphatic carbocycles. The zero-order valence-corrected chi connectivity index (χ0v) is 26.7. The van der Waals surface area contributed by atoms with Gasteiger partial charge in [-0.25, -0.2) is 0 Å². The minimum absolute atomic E-state index is 0.0232. The third-order valence-corrected chi connectivity index (χ3v) is 15.5. The fourth-order valence-electron chi connectivity index (χ4n) is 13.2. The minimum Gasteiger partial charge on any atom is -0.394 e. The van der Waals surface area contributed by atoms with E-state index >= 15 is 0 Å². The van der Waals surface area contributed by atoms with Crippen molar-refractivity contribution < 1.29 is 25.5 Å². The van der Waals surface area contributed by atoms with E-state index in [0.29, 0.717) is 33.5 Å². The number of aliphatic hydroxyl groups is 5. The zero-order chi connectivity index (χ0) is 29.5. The van der Waals surface area contributed by atoms with Crippen LogP contribution in [0.1, 0.15) is 126 Å². The lowest BCUT2D eigenvalue weighted by atomic mass is 9.32.